The van der Waals surface area contributed by atoms with Crippen LogP contribution >= 0.6 is 0 Å². The molecule has 118 valence electrons. The zero-order chi connectivity index (χ0) is 14.3. The number of rotatable bonds is 4. The second-order valence-corrected chi connectivity index (χ2v) is 9.53. The van der Waals surface area contributed by atoms with Crippen molar-refractivity contribution in [2.24, 2.45) is 0 Å². The molecule has 2 rings (SSSR count). The minimum absolute atomic E-state index is 0. The molecule has 5 heteroatoms. The van der Waals surface area contributed by atoms with E-state index in [1.807, 2.05) is 60.7 Å². The average Bonchev–Trinajstić information content (AvgIpc) is 3.08. The summed E-state index contributed by atoms with van der Waals surface area (Å²) in [5, 5.41) is 8.56. The van der Waals surface area contributed by atoms with Crippen LogP contribution in [0.2, 0.25) is 19.1 Å². The van der Waals surface area contributed by atoms with Gasteiger partial charge in [0.25, 0.3) is 0 Å². The van der Waals surface area contributed by atoms with Gasteiger partial charge in [-0.25, -0.2) is 24.3 Å². The summed E-state index contributed by atoms with van der Waals surface area (Å²) >= 11 is 1.52. The van der Waals surface area contributed by atoms with Gasteiger partial charge < -0.3 is 24.8 Å². The minimum Gasteiger partial charge on any atom is -1.00 e. The molecule has 0 aromatic heterocycles. The summed E-state index contributed by atoms with van der Waals surface area (Å²) in [6.45, 7) is 5.05. The van der Waals surface area contributed by atoms with E-state index in [0.29, 0.717) is 6.61 Å². The van der Waals surface area contributed by atoms with Gasteiger partial charge in [-0.3, -0.25) is 0 Å². The van der Waals surface area contributed by atoms with Crippen molar-refractivity contribution >= 4 is 12.0 Å². The summed E-state index contributed by atoms with van der Waals surface area (Å²) in [5.41, 5.74) is 0. The molecule has 1 nitrogen and oxygen atoms in total. The first-order valence-corrected chi connectivity index (χ1v) is 11.0. The SMILES string of the molecule is C[SiH](C)C[C](=[Zr+2])CCO.[Cl-].[Cl-].c1cc[cH-]c1.c1cc[cH-]c1. The van der Waals surface area contributed by atoms with Gasteiger partial charge in [-0.05, 0) is 0 Å². The smallest absolute Gasteiger partial charge is 0.172 e. The first kappa shape index (κ1) is 26.1. The largest absolute Gasteiger partial charge is 1.00 e. The third-order valence-corrected chi connectivity index (χ3v) is 5.61. The molecule has 0 bridgehead atoms. The van der Waals surface area contributed by atoms with Gasteiger partial charge in [0.15, 0.2) is 0 Å². The quantitative estimate of drug-likeness (QED) is 0.423. The van der Waals surface area contributed by atoms with Crippen molar-refractivity contribution in [2.75, 3.05) is 6.61 Å². The van der Waals surface area contributed by atoms with Gasteiger partial charge in [-0.2, -0.15) is 36.4 Å². The van der Waals surface area contributed by atoms with Gasteiger partial charge in [0, 0.05) is 0 Å². The van der Waals surface area contributed by atoms with Crippen molar-refractivity contribution in [3.63, 3.8) is 0 Å². The van der Waals surface area contributed by atoms with Crippen LogP contribution in [0.25, 0.3) is 0 Å². The van der Waals surface area contributed by atoms with Gasteiger partial charge in [0.2, 0.25) is 0 Å². The molecule has 1 N–H and O–H groups in total. The summed E-state index contributed by atoms with van der Waals surface area (Å²) in [7, 11) is -0.386. The van der Waals surface area contributed by atoms with Crippen LogP contribution in [0.3, 0.4) is 0 Å². The first-order chi connectivity index (χ1) is 9.16. The van der Waals surface area contributed by atoms with E-state index in [1.54, 1.807) is 3.21 Å². The predicted molar refractivity (Wildman–Crippen MR) is 84.5 cm³/mol. The Morgan fingerprint density at radius 1 is 0.952 bits per heavy atom. The summed E-state index contributed by atoms with van der Waals surface area (Å²) in [4.78, 5) is 0. The van der Waals surface area contributed by atoms with E-state index < -0.39 is 0 Å². The van der Waals surface area contributed by atoms with Crippen LogP contribution in [0.15, 0.2) is 60.7 Å². The van der Waals surface area contributed by atoms with Crippen LogP contribution in [0.5, 0.6) is 0 Å². The van der Waals surface area contributed by atoms with Crippen molar-refractivity contribution in [3.05, 3.63) is 60.7 Å². The number of aliphatic hydroxyl groups excluding tert-OH is 1. The standard InChI is InChI=1S/C6H14OSi.2C5H5.2ClH.Zr/c1-8(2)6-4-3-5-7;2*1-2-4-5-3-1;;;/h7-8H,3,5-6H2,1-2H3;2*1-5H;2*1H;/q;2*-1;;;+2/p-2. The van der Waals surface area contributed by atoms with Gasteiger partial charge in [0.1, 0.15) is 0 Å². The van der Waals surface area contributed by atoms with Crippen LogP contribution in [0.4, 0.5) is 0 Å². The number of hydrogen-bond acceptors (Lipinski definition) is 1. The maximum absolute atomic E-state index is 8.56. The zero-order valence-corrected chi connectivity index (χ0v) is 17.8. The second kappa shape index (κ2) is 20.2. The fraction of sp³-hybridized carbons (Fsp3) is 0.312. The number of halogens is 2. The molecule has 2 aromatic carbocycles. The normalized spacial score (nSPS) is 8.29. The molecular weight excluding hydrogens is 398 g/mol. The molecule has 0 spiro atoms. The number of hydrogen-bond donors (Lipinski definition) is 1. The van der Waals surface area contributed by atoms with Crippen molar-refractivity contribution in [1.82, 2.24) is 0 Å². The molecule has 0 atom stereocenters. The monoisotopic (exact) mass is 420 g/mol. The molecule has 0 saturated heterocycles. The molecule has 0 heterocycles. The van der Waals surface area contributed by atoms with Crippen molar-refractivity contribution in [1.29, 1.82) is 0 Å². The van der Waals surface area contributed by atoms with Gasteiger partial charge in [-0.15, -0.1) is 0 Å². The van der Waals surface area contributed by atoms with Crippen LogP contribution < -0.4 is 24.8 Å². The van der Waals surface area contributed by atoms with Gasteiger partial charge in [-0.1, -0.05) is 0 Å². The maximum Gasteiger partial charge on any atom is -0.172 e. The Labute approximate surface area is 158 Å². The van der Waals surface area contributed by atoms with Crippen molar-refractivity contribution in [2.45, 2.75) is 25.6 Å². The summed E-state index contributed by atoms with van der Waals surface area (Å²) in [5.74, 6) is 0. The summed E-state index contributed by atoms with van der Waals surface area (Å²) in [6.07, 6.45) is 0.948. The van der Waals surface area contributed by atoms with Crippen molar-refractivity contribution in [3.8, 4) is 0 Å². The Balaban J connectivity index is -0.000000232. The Bertz CT molecular complexity index is 314. The van der Waals surface area contributed by atoms with E-state index in [0.717, 1.165) is 6.42 Å². The second-order valence-electron chi connectivity index (χ2n) is 4.60. The molecule has 2 aromatic rings. The maximum atomic E-state index is 8.56. The predicted octanol–water partition coefficient (Wildman–Crippen LogP) is -2.61. The van der Waals surface area contributed by atoms with Gasteiger partial charge >= 0.3 is 73.5 Å². The fourth-order valence-electron chi connectivity index (χ4n) is 1.37. The topological polar surface area (TPSA) is 20.2 Å². The Morgan fingerprint density at radius 2 is 1.33 bits per heavy atom. The van der Waals surface area contributed by atoms with E-state index in [1.165, 1.54) is 30.3 Å². The zero-order valence-electron chi connectivity index (χ0n) is 12.7. The molecule has 0 aliphatic carbocycles. The van der Waals surface area contributed by atoms with E-state index in [-0.39, 0.29) is 33.6 Å². The molecule has 0 saturated carbocycles. The fourth-order valence-corrected chi connectivity index (χ4v) is 5.85. The van der Waals surface area contributed by atoms with E-state index in [2.05, 4.69) is 13.1 Å². The van der Waals surface area contributed by atoms with Crippen LogP contribution in [-0.2, 0) is 24.2 Å². The van der Waals surface area contributed by atoms with E-state index >= 15 is 0 Å². The van der Waals surface area contributed by atoms with Crippen LogP contribution in [0, 0.1) is 0 Å². The van der Waals surface area contributed by atoms with Crippen LogP contribution in [0.1, 0.15) is 6.42 Å². The average molecular weight is 423 g/mol. The van der Waals surface area contributed by atoms with E-state index in [4.69, 9.17) is 5.11 Å². The van der Waals surface area contributed by atoms with Crippen molar-refractivity contribution < 1.29 is 54.2 Å². The molecule has 21 heavy (non-hydrogen) atoms. The minimum atomic E-state index is -0.386. The molecule has 0 aliphatic rings. The van der Waals surface area contributed by atoms with Crippen LogP contribution in [-0.4, -0.2) is 23.7 Å². The molecule has 0 unspecified atom stereocenters. The van der Waals surface area contributed by atoms with E-state index in [9.17, 15) is 0 Å². The first-order valence-electron chi connectivity index (χ1n) is 6.67. The molecule has 0 aliphatic heterocycles. The Morgan fingerprint density at radius 3 is 1.52 bits per heavy atom. The Hall–Kier alpha value is 0.210. The molecule has 0 amide bonds. The third kappa shape index (κ3) is 22.6. The molecule has 0 radical (unpaired) electrons. The molecule has 0 fully saturated rings. The molecular formula is C16H24Cl2OSiZr-2. The number of aliphatic hydroxyl groups is 1. The summed E-state index contributed by atoms with van der Waals surface area (Å²) < 4.78 is 1.56. The summed E-state index contributed by atoms with van der Waals surface area (Å²) in [6, 6.07) is 21.3. The third-order valence-electron chi connectivity index (χ3n) is 2.18. The van der Waals surface area contributed by atoms with Gasteiger partial charge in [0.05, 0.1) is 0 Å². The Kier molecular flexibility index (Phi) is 25.1.